The molecule has 4 aliphatic rings. The van der Waals surface area contributed by atoms with Crippen molar-refractivity contribution in [3.05, 3.63) is 119 Å². The molecule has 60 heavy (non-hydrogen) atoms. The summed E-state index contributed by atoms with van der Waals surface area (Å²) in [4.78, 5) is 69.0. The van der Waals surface area contributed by atoms with Crippen LogP contribution in [0.5, 0.6) is 0 Å². The van der Waals surface area contributed by atoms with Crippen molar-refractivity contribution in [2.24, 2.45) is 0 Å². The van der Waals surface area contributed by atoms with Gasteiger partial charge in [0, 0.05) is 54.5 Å². The number of nitrogens with one attached hydrogen (secondary N) is 2. The van der Waals surface area contributed by atoms with Crippen LogP contribution < -0.4 is 10.6 Å². The van der Waals surface area contributed by atoms with Gasteiger partial charge in [-0.2, -0.15) is 23.5 Å². The van der Waals surface area contributed by atoms with E-state index in [0.29, 0.717) is 48.9 Å². The summed E-state index contributed by atoms with van der Waals surface area (Å²) >= 11 is 3.13. The van der Waals surface area contributed by atoms with Crippen LogP contribution in [0.25, 0.3) is 22.3 Å². The number of aliphatic carboxylic acids is 1. The van der Waals surface area contributed by atoms with Gasteiger partial charge < -0.3 is 25.2 Å². The Bertz CT molecular complexity index is 2160. The summed E-state index contributed by atoms with van der Waals surface area (Å²) in [7, 11) is 0. The van der Waals surface area contributed by atoms with Gasteiger partial charge in [-0.3, -0.25) is 19.4 Å². The minimum absolute atomic E-state index is 0.0889. The van der Waals surface area contributed by atoms with Crippen LogP contribution in [0.15, 0.2) is 97.1 Å². The van der Waals surface area contributed by atoms with Gasteiger partial charge in [-0.25, -0.2) is 14.4 Å². The first kappa shape index (κ1) is 41.3. The highest BCUT2D eigenvalue weighted by Gasteiger charge is 2.38. The Morgan fingerprint density at radius 1 is 0.617 bits per heavy atom. The monoisotopic (exact) mass is 848 g/mol. The standard InChI is InChI=1S/C46H48N4O8S2/c51-42(40-27-59-23-21-49(40)45(55)57-25-37-33-15-5-1-11-29(33)30-12-2-6-16-34(30)37)47-20-10-9-19-39(44(53)54)48-43(52)41-28-60-24-22-50(41)46(56)58-26-38-35-17-7-3-13-31(35)32-14-4-8-18-36(32)38/h1-8,11-18,37-41H,9-10,19-28H2,(H,47,51)(H,48,52)(H,53,54). The molecule has 2 heterocycles. The summed E-state index contributed by atoms with van der Waals surface area (Å²) in [5.41, 5.74) is 8.90. The highest BCUT2D eigenvalue weighted by molar-refractivity contribution is 7.99. The number of hydrogen-bond donors (Lipinski definition) is 3. The van der Waals surface area contributed by atoms with Gasteiger partial charge in [-0.15, -0.1) is 0 Å². The molecule has 0 aromatic heterocycles. The van der Waals surface area contributed by atoms with Crippen molar-refractivity contribution in [3.8, 4) is 22.3 Å². The predicted molar refractivity (Wildman–Crippen MR) is 232 cm³/mol. The fraction of sp³-hybridized carbons (Fsp3) is 0.370. The smallest absolute Gasteiger partial charge is 0.410 e. The lowest BCUT2D eigenvalue weighted by Crippen LogP contribution is -2.56. The second-order valence-electron chi connectivity index (χ2n) is 15.4. The molecule has 8 rings (SSSR count). The summed E-state index contributed by atoms with van der Waals surface area (Å²) in [6.45, 7) is 1.24. The zero-order valence-corrected chi connectivity index (χ0v) is 34.8. The molecule has 0 spiro atoms. The molecule has 2 fully saturated rings. The van der Waals surface area contributed by atoms with Crippen LogP contribution >= 0.6 is 23.5 Å². The van der Waals surface area contributed by atoms with E-state index in [9.17, 15) is 29.1 Å². The largest absolute Gasteiger partial charge is 0.480 e. The van der Waals surface area contributed by atoms with Crippen LogP contribution in [0, 0.1) is 0 Å². The maximum Gasteiger partial charge on any atom is 0.410 e. The van der Waals surface area contributed by atoms with Gasteiger partial charge in [0.15, 0.2) is 0 Å². The third-order valence-electron chi connectivity index (χ3n) is 11.8. The molecule has 0 saturated carbocycles. The Hall–Kier alpha value is -5.47. The Morgan fingerprint density at radius 3 is 1.47 bits per heavy atom. The van der Waals surface area contributed by atoms with Crippen molar-refractivity contribution < 1.29 is 38.6 Å². The molecule has 4 aromatic rings. The van der Waals surface area contributed by atoms with E-state index >= 15 is 0 Å². The van der Waals surface area contributed by atoms with Crippen LogP contribution in [0.3, 0.4) is 0 Å². The Morgan fingerprint density at radius 2 is 1.03 bits per heavy atom. The highest BCUT2D eigenvalue weighted by Crippen LogP contribution is 2.46. The third-order valence-corrected chi connectivity index (χ3v) is 13.9. The molecule has 3 unspecified atom stereocenters. The summed E-state index contributed by atoms with van der Waals surface area (Å²) in [6, 6.07) is 29.6. The number of thioether (sulfide) groups is 2. The molecule has 3 atom stereocenters. The van der Waals surface area contributed by atoms with Crippen molar-refractivity contribution in [2.75, 3.05) is 55.9 Å². The molecule has 4 amide bonds. The van der Waals surface area contributed by atoms with Crippen molar-refractivity contribution >= 4 is 53.5 Å². The van der Waals surface area contributed by atoms with Crippen LogP contribution in [0.2, 0.25) is 0 Å². The topological polar surface area (TPSA) is 155 Å². The number of unbranched alkanes of at least 4 members (excludes halogenated alkanes) is 1. The number of carbonyl (C=O) groups excluding carboxylic acids is 4. The quantitative estimate of drug-likeness (QED) is 0.126. The van der Waals surface area contributed by atoms with E-state index in [4.69, 9.17) is 9.47 Å². The number of nitrogens with zero attached hydrogens (tertiary/aromatic N) is 2. The number of amides is 4. The number of rotatable bonds is 13. The summed E-state index contributed by atoms with van der Waals surface area (Å²) in [5.74, 6) is -0.145. The van der Waals surface area contributed by atoms with E-state index in [1.165, 1.54) is 21.6 Å². The van der Waals surface area contributed by atoms with Gasteiger partial charge in [0.25, 0.3) is 0 Å². The number of carboxylic acids is 1. The molecular formula is C46H48N4O8S2. The van der Waals surface area contributed by atoms with Gasteiger partial charge in [0.2, 0.25) is 11.8 Å². The summed E-state index contributed by atoms with van der Waals surface area (Å²) in [6.07, 6.45) is -0.129. The van der Waals surface area contributed by atoms with E-state index in [1.807, 2.05) is 60.7 Å². The number of carbonyl (C=O) groups is 5. The first-order valence-electron chi connectivity index (χ1n) is 20.5. The molecular weight excluding hydrogens is 801 g/mol. The summed E-state index contributed by atoms with van der Waals surface area (Å²) in [5, 5.41) is 15.6. The SMILES string of the molecule is O=C(O)C(CCCCNC(=O)C1CSCCN1C(=O)OCC1c2ccccc2-c2ccccc21)NC(=O)C1CSCCN1C(=O)OCC1c2ccccc2-c2ccccc21. The first-order chi connectivity index (χ1) is 29.3. The van der Waals surface area contributed by atoms with Crippen LogP contribution in [-0.2, 0) is 23.9 Å². The average molecular weight is 849 g/mol. The third kappa shape index (κ3) is 8.71. The van der Waals surface area contributed by atoms with Crippen LogP contribution in [0.4, 0.5) is 9.59 Å². The molecule has 4 aromatic carbocycles. The number of ether oxygens (including phenoxy) is 2. The molecule has 2 aliphatic heterocycles. The first-order valence-corrected chi connectivity index (χ1v) is 22.8. The minimum atomic E-state index is -1.18. The Kier molecular flexibility index (Phi) is 13.0. The molecule has 0 bridgehead atoms. The lowest BCUT2D eigenvalue weighted by Gasteiger charge is -2.34. The van der Waals surface area contributed by atoms with Crippen molar-refractivity contribution in [3.63, 3.8) is 0 Å². The van der Waals surface area contributed by atoms with E-state index in [0.717, 1.165) is 44.5 Å². The number of fused-ring (bicyclic) bond motifs is 6. The molecule has 0 radical (unpaired) electrons. The van der Waals surface area contributed by atoms with Gasteiger partial charge >= 0.3 is 18.2 Å². The van der Waals surface area contributed by atoms with Crippen LogP contribution in [0.1, 0.15) is 53.4 Å². The molecule has 12 nitrogen and oxygen atoms in total. The lowest BCUT2D eigenvalue weighted by atomic mass is 9.98. The Labute approximate surface area is 357 Å². The van der Waals surface area contributed by atoms with E-state index in [-0.39, 0.29) is 43.9 Å². The lowest BCUT2D eigenvalue weighted by molar-refractivity contribution is -0.142. The highest BCUT2D eigenvalue weighted by atomic mass is 32.2. The second kappa shape index (κ2) is 18.8. The molecule has 3 N–H and O–H groups in total. The van der Waals surface area contributed by atoms with E-state index in [1.54, 1.807) is 11.8 Å². The maximum absolute atomic E-state index is 13.5. The zero-order chi connectivity index (χ0) is 41.6. The number of carboxylic acid groups (broad SMARTS) is 1. The molecule has 2 saturated heterocycles. The van der Waals surface area contributed by atoms with E-state index < -0.39 is 42.2 Å². The zero-order valence-electron chi connectivity index (χ0n) is 33.1. The normalized spacial score (nSPS) is 18.7. The van der Waals surface area contributed by atoms with Crippen molar-refractivity contribution in [1.29, 1.82) is 0 Å². The predicted octanol–water partition coefficient (Wildman–Crippen LogP) is 6.58. The molecule has 2 aliphatic carbocycles. The van der Waals surface area contributed by atoms with Gasteiger partial charge in [0.05, 0.1) is 0 Å². The molecule has 312 valence electrons. The van der Waals surface area contributed by atoms with Gasteiger partial charge in [-0.05, 0) is 63.8 Å². The minimum Gasteiger partial charge on any atom is -0.480 e. The van der Waals surface area contributed by atoms with Crippen molar-refractivity contribution in [1.82, 2.24) is 20.4 Å². The van der Waals surface area contributed by atoms with Crippen LogP contribution in [-0.4, -0.2) is 119 Å². The fourth-order valence-electron chi connectivity index (χ4n) is 8.76. The van der Waals surface area contributed by atoms with Crippen molar-refractivity contribution in [2.45, 2.75) is 49.2 Å². The summed E-state index contributed by atoms with van der Waals surface area (Å²) < 4.78 is 11.7. The average Bonchev–Trinajstić information content (AvgIpc) is 3.78. The number of benzene rings is 4. The van der Waals surface area contributed by atoms with E-state index in [2.05, 4.69) is 47.0 Å². The Balaban J connectivity index is 0.794. The second-order valence-corrected chi connectivity index (χ2v) is 17.7. The van der Waals surface area contributed by atoms with Gasteiger partial charge in [-0.1, -0.05) is 97.1 Å². The van der Waals surface area contributed by atoms with Gasteiger partial charge in [0.1, 0.15) is 31.3 Å². The molecule has 14 heteroatoms. The number of hydrogen-bond acceptors (Lipinski definition) is 9. The fourth-order valence-corrected chi connectivity index (χ4v) is 10.9. The maximum atomic E-state index is 13.5.